The third-order valence-corrected chi connectivity index (χ3v) is 4.31. The highest BCUT2D eigenvalue weighted by molar-refractivity contribution is 6.32. The monoisotopic (exact) mass is 391 g/mol. The SMILES string of the molecule is CCOc1c(Cl)cc(C(=O)NC(CC(=O)O)c2ccccc2C)cc1OC. The van der Waals surface area contributed by atoms with E-state index in [1.54, 1.807) is 12.1 Å². The fourth-order valence-corrected chi connectivity index (χ4v) is 3.03. The lowest BCUT2D eigenvalue weighted by molar-refractivity contribution is -0.137. The third-order valence-electron chi connectivity index (χ3n) is 4.03. The van der Waals surface area contributed by atoms with Gasteiger partial charge in [0.25, 0.3) is 5.91 Å². The van der Waals surface area contributed by atoms with Gasteiger partial charge >= 0.3 is 5.97 Å². The molecule has 0 heterocycles. The van der Waals surface area contributed by atoms with Crippen molar-refractivity contribution < 1.29 is 24.2 Å². The van der Waals surface area contributed by atoms with Gasteiger partial charge in [-0.1, -0.05) is 35.9 Å². The molecule has 0 spiro atoms. The second kappa shape index (κ2) is 9.28. The minimum atomic E-state index is -1.01. The van der Waals surface area contributed by atoms with Crippen LogP contribution in [0.4, 0.5) is 0 Å². The molecule has 2 aromatic rings. The molecule has 7 heteroatoms. The molecule has 0 bridgehead atoms. The maximum absolute atomic E-state index is 12.8. The average Bonchev–Trinajstić information content (AvgIpc) is 2.62. The average molecular weight is 392 g/mol. The van der Waals surface area contributed by atoms with Gasteiger partial charge in [-0.25, -0.2) is 0 Å². The summed E-state index contributed by atoms with van der Waals surface area (Å²) in [4.78, 5) is 24.0. The quantitative estimate of drug-likeness (QED) is 0.710. The number of rotatable bonds is 8. The van der Waals surface area contributed by atoms with E-state index in [0.29, 0.717) is 18.1 Å². The summed E-state index contributed by atoms with van der Waals surface area (Å²) in [5.74, 6) is -0.766. The maximum Gasteiger partial charge on any atom is 0.305 e. The molecular weight excluding hydrogens is 370 g/mol. The molecule has 0 saturated heterocycles. The van der Waals surface area contributed by atoms with E-state index in [4.69, 9.17) is 21.1 Å². The molecule has 2 rings (SSSR count). The minimum Gasteiger partial charge on any atom is -0.493 e. The lowest BCUT2D eigenvalue weighted by atomic mass is 9.98. The van der Waals surface area contributed by atoms with E-state index in [-0.39, 0.29) is 17.0 Å². The van der Waals surface area contributed by atoms with Gasteiger partial charge in [0.1, 0.15) is 0 Å². The number of carboxylic acid groups (broad SMARTS) is 1. The number of aliphatic carboxylic acids is 1. The Labute approximate surface area is 163 Å². The van der Waals surface area contributed by atoms with Gasteiger partial charge in [-0.3, -0.25) is 9.59 Å². The number of nitrogens with one attached hydrogen (secondary N) is 1. The first-order valence-electron chi connectivity index (χ1n) is 8.45. The van der Waals surface area contributed by atoms with Crippen LogP contribution in [0.2, 0.25) is 5.02 Å². The molecule has 0 fully saturated rings. The molecule has 6 nitrogen and oxygen atoms in total. The third kappa shape index (κ3) is 5.14. The van der Waals surface area contributed by atoms with Gasteiger partial charge in [0.15, 0.2) is 11.5 Å². The molecule has 1 atom stereocenters. The molecular formula is C20H22ClNO5. The number of hydrogen-bond acceptors (Lipinski definition) is 4. The number of halogens is 1. The second-order valence-corrected chi connectivity index (χ2v) is 6.31. The van der Waals surface area contributed by atoms with Gasteiger partial charge in [0, 0.05) is 5.56 Å². The maximum atomic E-state index is 12.8. The van der Waals surface area contributed by atoms with Gasteiger partial charge in [-0.15, -0.1) is 0 Å². The summed E-state index contributed by atoms with van der Waals surface area (Å²) in [6.07, 6.45) is -0.238. The van der Waals surface area contributed by atoms with E-state index in [1.807, 2.05) is 26.0 Å². The van der Waals surface area contributed by atoms with E-state index < -0.39 is 17.9 Å². The molecule has 144 valence electrons. The van der Waals surface area contributed by atoms with Crippen LogP contribution in [0.3, 0.4) is 0 Å². The first-order chi connectivity index (χ1) is 12.9. The number of hydrogen-bond donors (Lipinski definition) is 2. The number of carboxylic acids is 1. The summed E-state index contributed by atoms with van der Waals surface area (Å²) in [6, 6.07) is 9.65. The van der Waals surface area contributed by atoms with Gasteiger partial charge in [-0.2, -0.15) is 0 Å². The second-order valence-electron chi connectivity index (χ2n) is 5.90. The van der Waals surface area contributed by atoms with Crippen LogP contribution in [0.25, 0.3) is 0 Å². The van der Waals surface area contributed by atoms with Crippen LogP contribution >= 0.6 is 11.6 Å². The fraction of sp³-hybridized carbons (Fsp3) is 0.300. The highest BCUT2D eigenvalue weighted by Crippen LogP contribution is 2.36. The van der Waals surface area contributed by atoms with Crippen molar-refractivity contribution in [2.24, 2.45) is 0 Å². The van der Waals surface area contributed by atoms with Crippen LogP contribution < -0.4 is 14.8 Å². The molecule has 1 unspecified atom stereocenters. The molecule has 0 radical (unpaired) electrons. The number of benzene rings is 2. The molecule has 0 aliphatic rings. The van der Waals surface area contributed by atoms with Crippen molar-refractivity contribution in [1.29, 1.82) is 0 Å². The standard InChI is InChI=1S/C20H22ClNO5/c1-4-27-19-15(21)9-13(10-17(19)26-3)20(25)22-16(11-18(23)24)14-8-6-5-7-12(14)2/h5-10,16H,4,11H2,1-3H3,(H,22,25)(H,23,24). The highest BCUT2D eigenvalue weighted by atomic mass is 35.5. The summed E-state index contributed by atoms with van der Waals surface area (Å²) < 4.78 is 10.7. The molecule has 0 aliphatic heterocycles. The normalized spacial score (nSPS) is 11.6. The smallest absolute Gasteiger partial charge is 0.305 e. The van der Waals surface area contributed by atoms with Crippen molar-refractivity contribution >= 4 is 23.5 Å². The van der Waals surface area contributed by atoms with Crippen LogP contribution in [0, 0.1) is 6.92 Å². The number of methoxy groups -OCH3 is 1. The summed E-state index contributed by atoms with van der Waals surface area (Å²) >= 11 is 6.22. The molecule has 1 amide bonds. The van der Waals surface area contributed by atoms with Crippen molar-refractivity contribution in [2.45, 2.75) is 26.3 Å². The number of ether oxygens (including phenoxy) is 2. The van der Waals surface area contributed by atoms with Gasteiger partial charge < -0.3 is 19.9 Å². The number of aryl methyl sites for hydroxylation is 1. The van der Waals surface area contributed by atoms with Crippen molar-refractivity contribution in [3.8, 4) is 11.5 Å². The molecule has 0 aromatic heterocycles. The van der Waals surface area contributed by atoms with Gasteiger partial charge in [0.05, 0.1) is 31.2 Å². The van der Waals surface area contributed by atoms with Crippen molar-refractivity contribution in [1.82, 2.24) is 5.32 Å². The lowest BCUT2D eigenvalue weighted by Crippen LogP contribution is -2.30. The Morgan fingerprint density at radius 1 is 1.26 bits per heavy atom. The van der Waals surface area contributed by atoms with Crippen molar-refractivity contribution in [3.63, 3.8) is 0 Å². The number of carbonyl (C=O) groups excluding carboxylic acids is 1. The molecule has 27 heavy (non-hydrogen) atoms. The Morgan fingerprint density at radius 3 is 2.56 bits per heavy atom. The van der Waals surface area contributed by atoms with Crippen LogP contribution in [0.5, 0.6) is 11.5 Å². The molecule has 2 aromatic carbocycles. The van der Waals surface area contributed by atoms with Crippen molar-refractivity contribution in [3.05, 3.63) is 58.1 Å². The Hall–Kier alpha value is -2.73. The van der Waals surface area contributed by atoms with Crippen LogP contribution in [0.1, 0.15) is 40.9 Å². The number of carbonyl (C=O) groups is 2. The summed E-state index contributed by atoms with van der Waals surface area (Å²) in [6.45, 7) is 4.08. The predicted molar refractivity (Wildman–Crippen MR) is 103 cm³/mol. The molecule has 0 aliphatic carbocycles. The minimum absolute atomic E-state index is 0.238. The van der Waals surface area contributed by atoms with Crippen molar-refractivity contribution in [2.75, 3.05) is 13.7 Å². The van der Waals surface area contributed by atoms with E-state index in [0.717, 1.165) is 11.1 Å². The van der Waals surface area contributed by atoms with Crippen LogP contribution in [-0.2, 0) is 4.79 Å². The van der Waals surface area contributed by atoms with Gasteiger partial charge in [0.2, 0.25) is 0 Å². The molecule has 0 saturated carbocycles. The Bertz CT molecular complexity index is 837. The Balaban J connectivity index is 2.33. The highest BCUT2D eigenvalue weighted by Gasteiger charge is 2.22. The van der Waals surface area contributed by atoms with Gasteiger partial charge in [-0.05, 0) is 37.1 Å². The van der Waals surface area contributed by atoms with Crippen LogP contribution in [0.15, 0.2) is 36.4 Å². The Kier molecular flexibility index (Phi) is 7.07. The zero-order valence-corrected chi connectivity index (χ0v) is 16.2. The summed E-state index contributed by atoms with van der Waals surface area (Å²) in [5, 5.41) is 12.3. The van der Waals surface area contributed by atoms with E-state index in [1.165, 1.54) is 19.2 Å². The van der Waals surface area contributed by atoms with Crippen LogP contribution in [-0.4, -0.2) is 30.7 Å². The van der Waals surface area contributed by atoms with E-state index >= 15 is 0 Å². The Morgan fingerprint density at radius 2 is 1.96 bits per heavy atom. The summed E-state index contributed by atoms with van der Waals surface area (Å²) in [5.41, 5.74) is 1.90. The predicted octanol–water partition coefficient (Wildman–Crippen LogP) is 4.00. The number of amides is 1. The fourth-order valence-electron chi connectivity index (χ4n) is 2.77. The topological polar surface area (TPSA) is 84.9 Å². The van der Waals surface area contributed by atoms with E-state index in [2.05, 4.69) is 5.32 Å². The first kappa shape index (κ1) is 20.6. The molecule has 2 N–H and O–H groups in total. The first-order valence-corrected chi connectivity index (χ1v) is 8.83. The lowest BCUT2D eigenvalue weighted by Gasteiger charge is -2.20. The summed E-state index contributed by atoms with van der Waals surface area (Å²) in [7, 11) is 1.45. The zero-order chi connectivity index (χ0) is 20.0. The zero-order valence-electron chi connectivity index (χ0n) is 15.4. The van der Waals surface area contributed by atoms with E-state index in [9.17, 15) is 14.7 Å². The largest absolute Gasteiger partial charge is 0.493 e.